The first kappa shape index (κ1) is 16.3. The second kappa shape index (κ2) is 7.35. The van der Waals surface area contributed by atoms with Crippen LogP contribution < -0.4 is 4.90 Å². The van der Waals surface area contributed by atoms with Crippen molar-refractivity contribution in [2.24, 2.45) is 5.92 Å². The quantitative estimate of drug-likeness (QED) is 0.688. The number of amides is 1. The molecule has 0 atom stereocenters. The maximum absolute atomic E-state index is 12.9. The minimum absolute atomic E-state index is 0.182. The summed E-state index contributed by atoms with van der Waals surface area (Å²) in [5.41, 5.74) is 0.880. The first-order valence-corrected chi connectivity index (χ1v) is 7.90. The monoisotopic (exact) mass is 330 g/mol. The van der Waals surface area contributed by atoms with Crippen LogP contribution in [0.25, 0.3) is 0 Å². The Balaban J connectivity index is 1.54. The number of benzene rings is 1. The van der Waals surface area contributed by atoms with Crippen LogP contribution in [0.3, 0.4) is 0 Å². The molecule has 1 aromatic carbocycles. The number of hydrogen-bond donors (Lipinski definition) is 1. The molecule has 7 heteroatoms. The number of hydroxylamine groups is 2. The van der Waals surface area contributed by atoms with Crippen LogP contribution in [0, 0.1) is 11.7 Å². The molecule has 2 heterocycles. The van der Waals surface area contributed by atoms with Crippen molar-refractivity contribution in [3.05, 3.63) is 54.1 Å². The van der Waals surface area contributed by atoms with Crippen molar-refractivity contribution in [1.82, 2.24) is 15.0 Å². The highest BCUT2D eigenvalue weighted by Gasteiger charge is 2.29. The lowest BCUT2D eigenvalue weighted by molar-refractivity contribution is -0.173. The van der Waals surface area contributed by atoms with Crippen molar-refractivity contribution < 1.29 is 14.4 Å². The fourth-order valence-corrected chi connectivity index (χ4v) is 2.84. The lowest BCUT2D eigenvalue weighted by atomic mass is 9.96. The molecule has 0 spiro atoms. The Morgan fingerprint density at radius 3 is 2.46 bits per heavy atom. The molecule has 0 radical (unpaired) electrons. The lowest BCUT2D eigenvalue weighted by Gasteiger charge is -2.32. The summed E-state index contributed by atoms with van der Waals surface area (Å²) >= 11 is 0. The molecule has 2 aromatic rings. The van der Waals surface area contributed by atoms with Gasteiger partial charge in [-0.25, -0.2) is 19.4 Å². The number of aromatic nitrogens is 2. The van der Waals surface area contributed by atoms with Crippen LogP contribution in [-0.4, -0.2) is 39.2 Å². The molecule has 0 aliphatic carbocycles. The number of piperidine rings is 1. The maximum Gasteiger partial charge on any atom is 0.249 e. The lowest BCUT2D eigenvalue weighted by Crippen LogP contribution is -2.41. The zero-order chi connectivity index (χ0) is 16.9. The van der Waals surface area contributed by atoms with Crippen molar-refractivity contribution in [2.45, 2.75) is 19.4 Å². The van der Waals surface area contributed by atoms with E-state index in [0.29, 0.717) is 31.9 Å². The Kier molecular flexibility index (Phi) is 5.00. The normalized spacial score (nSPS) is 15.3. The number of nitrogens with zero attached hydrogens (tertiary/aromatic N) is 4. The predicted octanol–water partition coefficient (Wildman–Crippen LogP) is 2.25. The van der Waals surface area contributed by atoms with Crippen molar-refractivity contribution in [2.75, 3.05) is 18.0 Å². The Labute approximate surface area is 139 Å². The number of carbonyl (C=O) groups is 1. The highest BCUT2D eigenvalue weighted by Crippen LogP contribution is 2.22. The van der Waals surface area contributed by atoms with Crippen LogP contribution in [0.4, 0.5) is 10.3 Å². The molecular formula is C17H19FN4O2. The van der Waals surface area contributed by atoms with Gasteiger partial charge in [-0.3, -0.25) is 10.0 Å². The summed E-state index contributed by atoms with van der Waals surface area (Å²) in [6, 6.07) is 9.36. The zero-order valence-corrected chi connectivity index (χ0v) is 13.2. The third kappa shape index (κ3) is 3.86. The molecule has 1 aromatic heterocycles. The summed E-state index contributed by atoms with van der Waals surface area (Å²) in [4.78, 5) is 22.2. The van der Waals surface area contributed by atoms with Gasteiger partial charge < -0.3 is 4.90 Å². The summed E-state index contributed by atoms with van der Waals surface area (Å²) in [7, 11) is 0. The second-order valence-electron chi connectivity index (χ2n) is 5.84. The molecule has 126 valence electrons. The fraction of sp³-hybridized carbons (Fsp3) is 0.353. The van der Waals surface area contributed by atoms with Crippen LogP contribution in [0.15, 0.2) is 42.7 Å². The van der Waals surface area contributed by atoms with E-state index in [-0.39, 0.29) is 18.4 Å². The minimum Gasteiger partial charge on any atom is -0.341 e. The van der Waals surface area contributed by atoms with Gasteiger partial charge >= 0.3 is 0 Å². The van der Waals surface area contributed by atoms with E-state index in [9.17, 15) is 14.4 Å². The van der Waals surface area contributed by atoms with E-state index in [2.05, 4.69) is 9.97 Å². The molecule has 1 aliphatic rings. The first-order valence-electron chi connectivity index (χ1n) is 7.90. The van der Waals surface area contributed by atoms with Crippen molar-refractivity contribution >= 4 is 11.9 Å². The first-order chi connectivity index (χ1) is 11.6. The Morgan fingerprint density at radius 1 is 1.21 bits per heavy atom. The fourth-order valence-electron chi connectivity index (χ4n) is 2.84. The van der Waals surface area contributed by atoms with E-state index in [4.69, 9.17) is 0 Å². The Hall–Kier alpha value is -2.54. The summed E-state index contributed by atoms with van der Waals surface area (Å²) in [6.45, 7) is 1.38. The van der Waals surface area contributed by atoms with Crippen LogP contribution in [0.2, 0.25) is 0 Å². The van der Waals surface area contributed by atoms with Crippen molar-refractivity contribution in [1.29, 1.82) is 0 Å². The van der Waals surface area contributed by atoms with Crippen LogP contribution in [0.5, 0.6) is 0 Å². The van der Waals surface area contributed by atoms with Gasteiger partial charge in [0.15, 0.2) is 5.82 Å². The number of hydrogen-bond acceptors (Lipinski definition) is 5. The molecule has 24 heavy (non-hydrogen) atoms. The van der Waals surface area contributed by atoms with Gasteiger partial charge in [0.1, 0.15) is 0 Å². The van der Waals surface area contributed by atoms with Crippen molar-refractivity contribution in [3.8, 4) is 0 Å². The Morgan fingerprint density at radius 2 is 1.83 bits per heavy atom. The van der Waals surface area contributed by atoms with Gasteiger partial charge in [-0.15, -0.1) is 0 Å². The minimum atomic E-state index is -0.472. The number of anilines is 1. The molecule has 6 nitrogen and oxygen atoms in total. The molecule has 1 fully saturated rings. The van der Waals surface area contributed by atoms with E-state index < -0.39 is 5.82 Å². The topological polar surface area (TPSA) is 69.6 Å². The van der Waals surface area contributed by atoms with Crippen LogP contribution in [0.1, 0.15) is 18.4 Å². The maximum atomic E-state index is 12.9. The standard InChI is InChI=1S/C17H19FN4O2/c18-15-10-19-17(20-11-15)21-8-6-14(7-9-21)16(23)22(24)12-13-4-2-1-3-5-13/h1-5,10-11,14,24H,6-9,12H2. The summed E-state index contributed by atoms with van der Waals surface area (Å²) in [5.74, 6) is -0.498. The molecular weight excluding hydrogens is 311 g/mol. The molecule has 1 saturated heterocycles. The van der Waals surface area contributed by atoms with Gasteiger partial charge in [0.25, 0.3) is 0 Å². The highest BCUT2D eigenvalue weighted by atomic mass is 19.1. The van der Waals surface area contributed by atoms with Gasteiger partial charge in [0, 0.05) is 19.0 Å². The van der Waals surface area contributed by atoms with E-state index in [1.54, 1.807) is 0 Å². The molecule has 1 amide bonds. The SMILES string of the molecule is O=C(C1CCN(c2ncc(F)cn2)CC1)N(O)Cc1ccccc1. The second-order valence-corrected chi connectivity index (χ2v) is 5.84. The average Bonchev–Trinajstić information content (AvgIpc) is 2.63. The van der Waals surface area contributed by atoms with E-state index in [1.165, 1.54) is 0 Å². The molecule has 0 saturated carbocycles. The van der Waals surface area contributed by atoms with Gasteiger partial charge in [-0.1, -0.05) is 30.3 Å². The molecule has 3 rings (SSSR count). The smallest absolute Gasteiger partial charge is 0.249 e. The van der Waals surface area contributed by atoms with Crippen LogP contribution >= 0.6 is 0 Å². The van der Waals surface area contributed by atoms with Crippen LogP contribution in [-0.2, 0) is 11.3 Å². The molecule has 0 unspecified atom stereocenters. The third-order valence-electron chi connectivity index (χ3n) is 4.16. The average molecular weight is 330 g/mol. The highest BCUT2D eigenvalue weighted by molar-refractivity contribution is 5.78. The van der Waals surface area contributed by atoms with Gasteiger partial charge in [0.2, 0.25) is 11.9 Å². The zero-order valence-electron chi connectivity index (χ0n) is 13.2. The van der Waals surface area contributed by atoms with Gasteiger partial charge in [-0.2, -0.15) is 0 Å². The number of rotatable bonds is 4. The van der Waals surface area contributed by atoms with Gasteiger partial charge in [0.05, 0.1) is 18.9 Å². The Bertz CT molecular complexity index is 673. The van der Waals surface area contributed by atoms with E-state index >= 15 is 0 Å². The van der Waals surface area contributed by atoms with E-state index in [0.717, 1.165) is 23.0 Å². The molecule has 0 bridgehead atoms. The molecule has 1 N–H and O–H groups in total. The number of carbonyl (C=O) groups excluding carboxylic acids is 1. The summed E-state index contributed by atoms with van der Waals surface area (Å²) < 4.78 is 12.9. The number of halogens is 1. The summed E-state index contributed by atoms with van der Waals surface area (Å²) in [5, 5.41) is 10.8. The predicted molar refractivity (Wildman–Crippen MR) is 85.7 cm³/mol. The largest absolute Gasteiger partial charge is 0.341 e. The van der Waals surface area contributed by atoms with Gasteiger partial charge in [-0.05, 0) is 18.4 Å². The summed E-state index contributed by atoms with van der Waals surface area (Å²) in [6.07, 6.45) is 3.47. The van der Waals surface area contributed by atoms with Crippen molar-refractivity contribution in [3.63, 3.8) is 0 Å². The van der Waals surface area contributed by atoms with E-state index in [1.807, 2.05) is 35.2 Å². The molecule has 1 aliphatic heterocycles. The third-order valence-corrected chi connectivity index (χ3v) is 4.16.